The summed E-state index contributed by atoms with van der Waals surface area (Å²) >= 11 is 0. The van der Waals surface area contributed by atoms with Crippen LogP contribution in [0, 0.1) is 0 Å². The van der Waals surface area contributed by atoms with Crippen LogP contribution in [0.1, 0.15) is 70.4 Å². The van der Waals surface area contributed by atoms with Gasteiger partial charge in [0.1, 0.15) is 5.75 Å². The highest BCUT2D eigenvalue weighted by Crippen LogP contribution is 2.43. The van der Waals surface area contributed by atoms with Crippen LogP contribution in [-0.4, -0.2) is 49.8 Å². The maximum absolute atomic E-state index is 12.1. The van der Waals surface area contributed by atoms with Gasteiger partial charge in [-0.25, -0.2) is 4.79 Å². The Bertz CT molecular complexity index is 668. The summed E-state index contributed by atoms with van der Waals surface area (Å²) in [6.45, 7) is 12.8. The van der Waals surface area contributed by atoms with E-state index in [1.165, 1.54) is 23.2 Å². The summed E-state index contributed by atoms with van der Waals surface area (Å²) in [7, 11) is 0. The summed E-state index contributed by atoms with van der Waals surface area (Å²) in [6.07, 6.45) is 5.31. The highest BCUT2D eigenvalue weighted by Gasteiger charge is 2.30. The number of nitrogens with one attached hydrogen (secondary N) is 1. The lowest BCUT2D eigenvalue weighted by Gasteiger charge is -2.39. The van der Waals surface area contributed by atoms with Gasteiger partial charge in [-0.1, -0.05) is 13.0 Å². The summed E-state index contributed by atoms with van der Waals surface area (Å²) in [4.78, 5) is 16.6. The number of nitrogens with zero attached hydrogens (tertiary/aromatic N) is 2. The second-order valence-electron chi connectivity index (χ2n) is 8.10. The lowest BCUT2D eigenvalue weighted by atomic mass is 9.85. The molecule has 1 N–H and O–H groups in total. The molecule has 0 aromatic heterocycles. The van der Waals surface area contributed by atoms with Crippen molar-refractivity contribution in [2.24, 2.45) is 0 Å². The van der Waals surface area contributed by atoms with Crippen molar-refractivity contribution in [1.82, 2.24) is 10.2 Å². The van der Waals surface area contributed by atoms with Gasteiger partial charge < -0.3 is 19.9 Å². The number of anilines is 1. The Hall–Kier alpha value is -1.91. The van der Waals surface area contributed by atoms with Gasteiger partial charge in [-0.3, -0.25) is 0 Å². The molecule has 5 nitrogen and oxygen atoms in total. The first-order chi connectivity index (χ1) is 13.6. The van der Waals surface area contributed by atoms with Gasteiger partial charge in [-0.05, 0) is 70.4 Å². The number of amides is 2. The Kier molecular flexibility index (Phi) is 7.08. The third kappa shape index (κ3) is 4.23. The van der Waals surface area contributed by atoms with Crippen molar-refractivity contribution in [2.75, 3.05) is 37.7 Å². The molecule has 0 spiro atoms. The number of rotatable bonds is 6. The molecule has 0 unspecified atom stereocenters. The van der Waals surface area contributed by atoms with Crippen LogP contribution in [0.4, 0.5) is 10.5 Å². The summed E-state index contributed by atoms with van der Waals surface area (Å²) < 4.78 is 6.36. The number of hydrogen-bond donors (Lipinski definition) is 1. The average molecular weight is 388 g/mol. The zero-order valence-electron chi connectivity index (χ0n) is 18.1. The van der Waals surface area contributed by atoms with Crippen molar-refractivity contribution in [3.63, 3.8) is 0 Å². The van der Waals surface area contributed by atoms with Crippen molar-refractivity contribution in [1.29, 1.82) is 0 Å². The molecule has 1 atom stereocenters. The summed E-state index contributed by atoms with van der Waals surface area (Å²) in [6, 6.07) is 5.28. The molecule has 0 bridgehead atoms. The minimum absolute atomic E-state index is 0.0708. The molecular weight excluding hydrogens is 350 g/mol. The first-order valence-corrected chi connectivity index (χ1v) is 11.2. The van der Waals surface area contributed by atoms with Crippen LogP contribution in [0.25, 0.3) is 0 Å². The van der Waals surface area contributed by atoms with Crippen LogP contribution in [0.5, 0.6) is 5.75 Å². The molecule has 0 saturated carbocycles. The number of likely N-dealkylation sites (tertiary alicyclic amines) is 1. The molecule has 2 aliphatic heterocycles. The second-order valence-corrected chi connectivity index (χ2v) is 8.10. The molecule has 0 aliphatic carbocycles. The number of hydrogen-bond acceptors (Lipinski definition) is 3. The first kappa shape index (κ1) is 20.8. The Morgan fingerprint density at radius 2 is 1.93 bits per heavy atom. The third-order valence-corrected chi connectivity index (χ3v) is 6.26. The van der Waals surface area contributed by atoms with Crippen LogP contribution in [0.2, 0.25) is 0 Å². The molecule has 1 aromatic carbocycles. The summed E-state index contributed by atoms with van der Waals surface area (Å²) in [5.74, 6) is 1.61. The number of benzene rings is 1. The number of ether oxygens (including phenoxy) is 1. The fourth-order valence-corrected chi connectivity index (χ4v) is 4.73. The topological polar surface area (TPSA) is 44.8 Å². The molecule has 3 rings (SSSR count). The van der Waals surface area contributed by atoms with E-state index in [4.69, 9.17) is 4.74 Å². The van der Waals surface area contributed by atoms with Gasteiger partial charge in [0.15, 0.2) is 0 Å². The smallest absolute Gasteiger partial charge is 0.317 e. The van der Waals surface area contributed by atoms with Gasteiger partial charge in [0.2, 0.25) is 0 Å². The number of carbonyl (C=O) groups excluding carboxylic acids is 1. The highest BCUT2D eigenvalue weighted by molar-refractivity contribution is 5.74. The van der Waals surface area contributed by atoms with Crippen molar-refractivity contribution < 1.29 is 9.53 Å². The SMILES string of the molecule is CCCOc1c(C2CCN(C(=O)NCC)CC2)ccc2c1CC[C@H](C)N2CC. The largest absolute Gasteiger partial charge is 0.493 e. The monoisotopic (exact) mass is 387 g/mol. The lowest BCUT2D eigenvalue weighted by molar-refractivity contribution is 0.181. The molecule has 2 aliphatic rings. The van der Waals surface area contributed by atoms with Gasteiger partial charge in [0.25, 0.3) is 0 Å². The van der Waals surface area contributed by atoms with Crippen molar-refractivity contribution in [3.8, 4) is 5.75 Å². The predicted molar refractivity (Wildman–Crippen MR) is 116 cm³/mol. The molecule has 2 amide bonds. The summed E-state index contributed by atoms with van der Waals surface area (Å²) in [5, 5.41) is 2.92. The van der Waals surface area contributed by atoms with E-state index in [0.29, 0.717) is 18.5 Å². The third-order valence-electron chi connectivity index (χ3n) is 6.26. The molecule has 1 saturated heterocycles. The normalized spacial score (nSPS) is 20.1. The van der Waals surface area contributed by atoms with Crippen molar-refractivity contribution in [2.45, 2.75) is 71.8 Å². The lowest BCUT2D eigenvalue weighted by Crippen LogP contribution is -2.44. The minimum Gasteiger partial charge on any atom is -0.493 e. The van der Waals surface area contributed by atoms with Crippen LogP contribution in [0.3, 0.4) is 0 Å². The van der Waals surface area contributed by atoms with E-state index in [1.54, 1.807) is 0 Å². The number of fused-ring (bicyclic) bond motifs is 1. The molecule has 1 fully saturated rings. The van der Waals surface area contributed by atoms with Crippen LogP contribution in [-0.2, 0) is 6.42 Å². The average Bonchev–Trinajstić information content (AvgIpc) is 2.72. The number of urea groups is 1. The van der Waals surface area contributed by atoms with Crippen LogP contribution in [0.15, 0.2) is 12.1 Å². The van der Waals surface area contributed by atoms with E-state index in [2.05, 4.69) is 43.1 Å². The molecule has 28 heavy (non-hydrogen) atoms. The molecule has 1 aromatic rings. The molecule has 2 heterocycles. The Morgan fingerprint density at radius 1 is 1.18 bits per heavy atom. The van der Waals surface area contributed by atoms with E-state index >= 15 is 0 Å². The quantitative estimate of drug-likeness (QED) is 0.779. The summed E-state index contributed by atoms with van der Waals surface area (Å²) in [5.41, 5.74) is 4.11. The standard InChI is InChI=1S/C23H37N3O2/c1-5-16-28-22-19(18-12-14-25(15-13-18)23(27)24-6-2)10-11-21-20(22)9-8-17(4)26(21)7-3/h10-11,17-18H,5-9,12-16H2,1-4H3,(H,24,27)/t17-/m0/s1. The maximum atomic E-state index is 12.1. The molecule has 5 heteroatoms. The molecular formula is C23H37N3O2. The fourth-order valence-electron chi connectivity index (χ4n) is 4.73. The van der Waals surface area contributed by atoms with E-state index in [0.717, 1.165) is 57.7 Å². The Balaban J connectivity index is 1.84. The number of carbonyl (C=O) groups is 1. The number of piperidine rings is 1. The van der Waals surface area contributed by atoms with Crippen molar-refractivity contribution in [3.05, 3.63) is 23.3 Å². The van der Waals surface area contributed by atoms with Crippen molar-refractivity contribution >= 4 is 11.7 Å². The highest BCUT2D eigenvalue weighted by atomic mass is 16.5. The van der Waals surface area contributed by atoms with Crippen LogP contribution >= 0.6 is 0 Å². The van der Waals surface area contributed by atoms with Gasteiger partial charge >= 0.3 is 6.03 Å². The Morgan fingerprint density at radius 3 is 2.57 bits per heavy atom. The van der Waals surface area contributed by atoms with E-state index in [-0.39, 0.29) is 6.03 Å². The van der Waals surface area contributed by atoms with Crippen LogP contribution < -0.4 is 15.0 Å². The van der Waals surface area contributed by atoms with Gasteiger partial charge in [-0.2, -0.15) is 0 Å². The van der Waals surface area contributed by atoms with Gasteiger partial charge in [-0.15, -0.1) is 0 Å². The zero-order chi connectivity index (χ0) is 20.1. The first-order valence-electron chi connectivity index (χ1n) is 11.2. The second kappa shape index (κ2) is 9.53. The zero-order valence-corrected chi connectivity index (χ0v) is 18.1. The fraction of sp³-hybridized carbons (Fsp3) is 0.696. The van der Waals surface area contributed by atoms with E-state index < -0.39 is 0 Å². The molecule has 156 valence electrons. The van der Waals surface area contributed by atoms with E-state index in [9.17, 15) is 4.79 Å². The minimum atomic E-state index is 0.0708. The van der Waals surface area contributed by atoms with Gasteiger partial charge in [0, 0.05) is 43.5 Å². The predicted octanol–water partition coefficient (Wildman–Crippen LogP) is 4.55. The maximum Gasteiger partial charge on any atom is 0.317 e. The Labute approximate surface area is 170 Å². The van der Waals surface area contributed by atoms with E-state index in [1.807, 2.05) is 11.8 Å². The van der Waals surface area contributed by atoms with Gasteiger partial charge in [0.05, 0.1) is 6.61 Å². The molecule has 0 radical (unpaired) electrons.